The van der Waals surface area contributed by atoms with Crippen molar-refractivity contribution in [2.24, 2.45) is 0 Å². The monoisotopic (exact) mass is 142 g/mol. The minimum absolute atomic E-state index is 0.306. The van der Waals surface area contributed by atoms with E-state index in [4.69, 9.17) is 5.11 Å². The van der Waals surface area contributed by atoms with Crippen molar-refractivity contribution in [1.82, 2.24) is 9.80 Å². The molecule has 0 atom stereocenters. The number of piperazine rings is 1. The Kier molecular flexibility index (Phi) is 1.18. The fourth-order valence-electron chi connectivity index (χ4n) is 1.77. The molecule has 0 unspecified atom stereocenters. The predicted octanol–water partition coefficient (Wildman–Crippen LogP) is -0.972. The molecular formula is C6H10N2O2. The number of hydrogen-bond donors (Lipinski definition) is 1. The molecule has 4 heteroatoms. The van der Waals surface area contributed by atoms with Gasteiger partial charge in [0.25, 0.3) is 0 Å². The molecule has 0 aromatic rings. The number of nitrogens with zero attached hydrogens (tertiary/aromatic N) is 2. The summed E-state index contributed by atoms with van der Waals surface area (Å²) < 4.78 is 0. The van der Waals surface area contributed by atoms with Crippen molar-refractivity contribution in [2.45, 2.75) is 6.17 Å². The zero-order valence-electron chi connectivity index (χ0n) is 5.66. The van der Waals surface area contributed by atoms with Crippen molar-refractivity contribution >= 4 is 5.97 Å². The average molecular weight is 142 g/mol. The molecule has 0 saturated carbocycles. The Bertz CT molecular complexity index is 151. The lowest BCUT2D eigenvalue weighted by Gasteiger charge is -2.12. The molecule has 1 N–H and O–H groups in total. The first-order valence-corrected chi connectivity index (χ1v) is 3.50. The van der Waals surface area contributed by atoms with Crippen molar-refractivity contribution < 1.29 is 9.90 Å². The summed E-state index contributed by atoms with van der Waals surface area (Å²) in [7, 11) is 0. The van der Waals surface area contributed by atoms with Crippen LogP contribution in [0.2, 0.25) is 0 Å². The first-order chi connectivity index (χ1) is 4.79. The van der Waals surface area contributed by atoms with Gasteiger partial charge in [0.2, 0.25) is 0 Å². The molecule has 2 bridgehead atoms. The molecule has 0 radical (unpaired) electrons. The third-order valence-electron chi connectivity index (χ3n) is 2.26. The van der Waals surface area contributed by atoms with Gasteiger partial charge >= 0.3 is 5.97 Å². The van der Waals surface area contributed by atoms with Crippen LogP contribution in [-0.4, -0.2) is 53.2 Å². The van der Waals surface area contributed by atoms with E-state index in [1.54, 1.807) is 0 Å². The van der Waals surface area contributed by atoms with Crippen LogP contribution < -0.4 is 0 Å². The van der Waals surface area contributed by atoms with Crippen LogP contribution in [0, 0.1) is 0 Å². The Hall–Kier alpha value is -0.610. The van der Waals surface area contributed by atoms with E-state index >= 15 is 0 Å². The third kappa shape index (κ3) is 0.660. The van der Waals surface area contributed by atoms with E-state index in [0.29, 0.717) is 0 Å². The summed E-state index contributed by atoms with van der Waals surface area (Å²) in [5.41, 5.74) is 0. The van der Waals surface area contributed by atoms with Crippen LogP contribution in [0.4, 0.5) is 0 Å². The number of carboxylic acids is 1. The SMILES string of the molecule is O=C(O)C1N2CCN1CC2. The molecular weight excluding hydrogens is 132 g/mol. The maximum absolute atomic E-state index is 10.6. The summed E-state index contributed by atoms with van der Waals surface area (Å²) in [5, 5.41) is 8.71. The molecule has 2 aliphatic rings. The van der Waals surface area contributed by atoms with Crippen molar-refractivity contribution in [3.05, 3.63) is 0 Å². The van der Waals surface area contributed by atoms with Gasteiger partial charge in [-0.25, -0.2) is 4.79 Å². The fourth-order valence-corrected chi connectivity index (χ4v) is 1.77. The first-order valence-electron chi connectivity index (χ1n) is 3.50. The molecule has 4 nitrogen and oxygen atoms in total. The van der Waals surface area contributed by atoms with E-state index < -0.39 is 5.97 Å². The second-order valence-corrected chi connectivity index (χ2v) is 2.78. The summed E-state index contributed by atoms with van der Waals surface area (Å²) in [6, 6.07) is 0. The Labute approximate surface area is 59.0 Å². The van der Waals surface area contributed by atoms with E-state index in [0.717, 1.165) is 26.2 Å². The second-order valence-electron chi connectivity index (χ2n) is 2.78. The number of rotatable bonds is 1. The van der Waals surface area contributed by atoms with Gasteiger partial charge in [-0.3, -0.25) is 9.80 Å². The van der Waals surface area contributed by atoms with E-state index in [1.807, 2.05) is 9.80 Å². The molecule has 2 aliphatic heterocycles. The lowest BCUT2D eigenvalue weighted by atomic mass is 10.4. The van der Waals surface area contributed by atoms with Gasteiger partial charge in [0, 0.05) is 26.2 Å². The molecule has 56 valence electrons. The van der Waals surface area contributed by atoms with Gasteiger partial charge in [-0.15, -0.1) is 0 Å². The van der Waals surface area contributed by atoms with E-state index in [-0.39, 0.29) is 6.17 Å². The highest BCUT2D eigenvalue weighted by Gasteiger charge is 2.41. The van der Waals surface area contributed by atoms with Crippen molar-refractivity contribution in [1.29, 1.82) is 0 Å². The molecule has 2 rings (SSSR count). The van der Waals surface area contributed by atoms with Gasteiger partial charge in [-0.1, -0.05) is 0 Å². The minimum atomic E-state index is -0.699. The van der Waals surface area contributed by atoms with Crippen molar-refractivity contribution in [3.8, 4) is 0 Å². The van der Waals surface area contributed by atoms with Crippen LogP contribution in [0.5, 0.6) is 0 Å². The summed E-state index contributed by atoms with van der Waals surface area (Å²) in [5.74, 6) is -0.699. The topological polar surface area (TPSA) is 43.8 Å². The molecule has 2 saturated heterocycles. The highest BCUT2D eigenvalue weighted by Crippen LogP contribution is 2.20. The Morgan fingerprint density at radius 3 is 1.80 bits per heavy atom. The van der Waals surface area contributed by atoms with Crippen LogP contribution >= 0.6 is 0 Å². The zero-order chi connectivity index (χ0) is 7.14. The Morgan fingerprint density at radius 1 is 1.20 bits per heavy atom. The first kappa shape index (κ1) is 6.12. The van der Waals surface area contributed by atoms with Crippen LogP contribution in [0.1, 0.15) is 0 Å². The minimum Gasteiger partial charge on any atom is -0.479 e. The van der Waals surface area contributed by atoms with Gasteiger partial charge in [0.15, 0.2) is 6.17 Å². The molecule has 2 heterocycles. The lowest BCUT2D eigenvalue weighted by molar-refractivity contribution is -0.144. The predicted molar refractivity (Wildman–Crippen MR) is 34.6 cm³/mol. The van der Waals surface area contributed by atoms with E-state index in [1.165, 1.54) is 0 Å². The number of fused-ring (bicyclic) bond motifs is 2. The number of hydrogen-bond acceptors (Lipinski definition) is 3. The Morgan fingerprint density at radius 2 is 1.60 bits per heavy atom. The van der Waals surface area contributed by atoms with Gasteiger partial charge in [0.1, 0.15) is 0 Å². The molecule has 10 heavy (non-hydrogen) atoms. The highest BCUT2D eigenvalue weighted by molar-refractivity contribution is 5.73. The maximum Gasteiger partial charge on any atom is 0.336 e. The van der Waals surface area contributed by atoms with Gasteiger partial charge < -0.3 is 5.11 Å². The molecule has 2 fully saturated rings. The molecule has 0 aliphatic carbocycles. The van der Waals surface area contributed by atoms with Crippen molar-refractivity contribution in [3.63, 3.8) is 0 Å². The second kappa shape index (κ2) is 1.93. The number of aliphatic carboxylic acids is 1. The quantitative estimate of drug-likeness (QED) is 0.511. The van der Waals surface area contributed by atoms with E-state index in [2.05, 4.69) is 0 Å². The van der Waals surface area contributed by atoms with Crippen LogP contribution in [-0.2, 0) is 4.79 Å². The lowest BCUT2D eigenvalue weighted by Crippen LogP contribution is -2.36. The van der Waals surface area contributed by atoms with Gasteiger partial charge in [-0.2, -0.15) is 0 Å². The number of carbonyl (C=O) groups is 1. The number of carboxylic acid groups (broad SMARTS) is 1. The maximum atomic E-state index is 10.6. The van der Waals surface area contributed by atoms with Crippen LogP contribution in [0.25, 0.3) is 0 Å². The summed E-state index contributed by atoms with van der Waals surface area (Å²) in [6.45, 7) is 3.71. The highest BCUT2D eigenvalue weighted by atomic mass is 16.4. The molecule has 0 amide bonds. The van der Waals surface area contributed by atoms with Gasteiger partial charge in [-0.05, 0) is 0 Å². The zero-order valence-corrected chi connectivity index (χ0v) is 5.66. The standard InChI is InChI=1S/C6H10N2O2/c9-6(10)5-7-1-2-8(5)4-3-7/h5H,1-4H2,(H,9,10). The third-order valence-corrected chi connectivity index (χ3v) is 2.26. The summed E-state index contributed by atoms with van der Waals surface area (Å²) >= 11 is 0. The van der Waals surface area contributed by atoms with Gasteiger partial charge in [0.05, 0.1) is 0 Å². The largest absolute Gasteiger partial charge is 0.479 e. The van der Waals surface area contributed by atoms with Crippen LogP contribution in [0.3, 0.4) is 0 Å². The van der Waals surface area contributed by atoms with E-state index in [9.17, 15) is 4.79 Å². The normalized spacial score (nSPS) is 44.2. The molecule has 0 spiro atoms. The Balaban J connectivity index is 2.16. The smallest absolute Gasteiger partial charge is 0.336 e. The summed E-state index contributed by atoms with van der Waals surface area (Å²) in [4.78, 5) is 14.6. The fraction of sp³-hybridized carbons (Fsp3) is 0.833. The van der Waals surface area contributed by atoms with Crippen molar-refractivity contribution in [2.75, 3.05) is 26.2 Å². The summed E-state index contributed by atoms with van der Waals surface area (Å²) in [6.07, 6.45) is -0.306. The molecule has 0 aromatic carbocycles. The molecule has 0 aromatic heterocycles. The van der Waals surface area contributed by atoms with Crippen LogP contribution in [0.15, 0.2) is 0 Å². The average Bonchev–Trinajstić information content (AvgIpc) is 2.43.